The maximum absolute atomic E-state index is 12.8. The molecule has 0 radical (unpaired) electrons. The lowest BCUT2D eigenvalue weighted by molar-refractivity contribution is 0.460. The van der Waals surface area contributed by atoms with Crippen molar-refractivity contribution in [1.29, 1.82) is 0 Å². The van der Waals surface area contributed by atoms with Crippen molar-refractivity contribution in [3.05, 3.63) is 54.0 Å². The van der Waals surface area contributed by atoms with Crippen LogP contribution in [0.2, 0.25) is 0 Å². The van der Waals surface area contributed by atoms with Gasteiger partial charge in [-0.1, -0.05) is 19.9 Å². The lowest BCUT2D eigenvalue weighted by atomic mass is 10.2. The van der Waals surface area contributed by atoms with Crippen LogP contribution in [0, 0.1) is 11.7 Å². The number of halogens is 1. The highest BCUT2D eigenvalue weighted by molar-refractivity contribution is 5.28. The Bertz CT molecular complexity index is 523. The number of pyridine rings is 1. The van der Waals surface area contributed by atoms with E-state index in [1.165, 1.54) is 12.1 Å². The van der Waals surface area contributed by atoms with Crippen LogP contribution in [0.5, 0.6) is 11.6 Å². The average molecular weight is 274 g/mol. The van der Waals surface area contributed by atoms with Gasteiger partial charge in [0.25, 0.3) is 0 Å². The van der Waals surface area contributed by atoms with Crippen LogP contribution in [0.4, 0.5) is 4.39 Å². The van der Waals surface area contributed by atoms with Crippen LogP contribution in [0.1, 0.15) is 19.4 Å². The van der Waals surface area contributed by atoms with Crippen molar-refractivity contribution < 1.29 is 9.13 Å². The minimum absolute atomic E-state index is 0.281. The molecule has 0 saturated carbocycles. The topological polar surface area (TPSA) is 34.1 Å². The van der Waals surface area contributed by atoms with Crippen LogP contribution in [-0.4, -0.2) is 11.5 Å². The van der Waals surface area contributed by atoms with Gasteiger partial charge in [0, 0.05) is 18.8 Å². The van der Waals surface area contributed by atoms with E-state index in [2.05, 4.69) is 24.1 Å². The molecule has 1 N–H and O–H groups in total. The monoisotopic (exact) mass is 274 g/mol. The average Bonchev–Trinajstić information content (AvgIpc) is 2.43. The number of hydrogen-bond donors (Lipinski definition) is 1. The third kappa shape index (κ3) is 4.63. The second-order valence-corrected chi connectivity index (χ2v) is 5.09. The van der Waals surface area contributed by atoms with Crippen molar-refractivity contribution in [2.75, 3.05) is 6.54 Å². The van der Waals surface area contributed by atoms with E-state index in [9.17, 15) is 4.39 Å². The van der Waals surface area contributed by atoms with Crippen LogP contribution in [0.15, 0.2) is 42.6 Å². The smallest absolute Gasteiger partial charge is 0.219 e. The number of aromatic nitrogens is 1. The Labute approximate surface area is 118 Å². The van der Waals surface area contributed by atoms with Crippen molar-refractivity contribution >= 4 is 0 Å². The lowest BCUT2D eigenvalue weighted by Crippen LogP contribution is -2.18. The van der Waals surface area contributed by atoms with Gasteiger partial charge in [0.1, 0.15) is 11.6 Å². The number of rotatable bonds is 6. The van der Waals surface area contributed by atoms with E-state index in [-0.39, 0.29) is 5.82 Å². The van der Waals surface area contributed by atoms with Gasteiger partial charge in [-0.25, -0.2) is 9.37 Å². The quantitative estimate of drug-likeness (QED) is 0.871. The fraction of sp³-hybridized carbons (Fsp3) is 0.312. The SMILES string of the molecule is CC(C)CNCc1ccc(Oc2ccc(F)cc2)nc1. The van der Waals surface area contributed by atoms with Crippen molar-refractivity contribution in [2.45, 2.75) is 20.4 Å². The first-order chi connectivity index (χ1) is 9.63. The Morgan fingerprint density at radius 3 is 2.50 bits per heavy atom. The molecule has 4 heteroatoms. The third-order valence-electron chi connectivity index (χ3n) is 2.72. The highest BCUT2D eigenvalue weighted by Gasteiger charge is 2.00. The van der Waals surface area contributed by atoms with E-state index in [4.69, 9.17) is 4.74 Å². The van der Waals surface area contributed by atoms with E-state index < -0.39 is 0 Å². The predicted octanol–water partition coefficient (Wildman–Crippen LogP) is 3.76. The predicted molar refractivity (Wildman–Crippen MR) is 77.3 cm³/mol. The van der Waals surface area contributed by atoms with E-state index in [0.29, 0.717) is 17.5 Å². The van der Waals surface area contributed by atoms with Crippen LogP contribution >= 0.6 is 0 Å². The van der Waals surface area contributed by atoms with E-state index in [1.807, 2.05) is 12.1 Å². The molecule has 0 aliphatic carbocycles. The van der Waals surface area contributed by atoms with Gasteiger partial charge < -0.3 is 10.1 Å². The third-order valence-corrected chi connectivity index (χ3v) is 2.72. The van der Waals surface area contributed by atoms with Crippen LogP contribution in [0.25, 0.3) is 0 Å². The van der Waals surface area contributed by atoms with Gasteiger partial charge >= 0.3 is 0 Å². The molecular formula is C16H19FN2O. The summed E-state index contributed by atoms with van der Waals surface area (Å²) >= 11 is 0. The standard InChI is InChI=1S/C16H19FN2O/c1-12(2)9-18-10-13-3-8-16(19-11-13)20-15-6-4-14(17)5-7-15/h3-8,11-12,18H,9-10H2,1-2H3. The molecule has 0 spiro atoms. The largest absolute Gasteiger partial charge is 0.439 e. The van der Waals surface area contributed by atoms with Gasteiger partial charge in [0.2, 0.25) is 5.88 Å². The van der Waals surface area contributed by atoms with E-state index in [1.54, 1.807) is 18.3 Å². The first-order valence-electron chi connectivity index (χ1n) is 6.72. The highest BCUT2D eigenvalue weighted by Crippen LogP contribution is 2.19. The summed E-state index contributed by atoms with van der Waals surface area (Å²) in [6, 6.07) is 9.66. The van der Waals surface area contributed by atoms with Gasteiger partial charge in [0.15, 0.2) is 0 Å². The van der Waals surface area contributed by atoms with E-state index in [0.717, 1.165) is 18.7 Å². The Hall–Kier alpha value is -1.94. The maximum atomic E-state index is 12.8. The van der Waals surface area contributed by atoms with Gasteiger partial charge in [-0.2, -0.15) is 0 Å². The van der Waals surface area contributed by atoms with Crippen molar-refractivity contribution in [3.8, 4) is 11.6 Å². The summed E-state index contributed by atoms with van der Waals surface area (Å²) in [6.07, 6.45) is 1.78. The molecule has 0 bridgehead atoms. The summed E-state index contributed by atoms with van der Waals surface area (Å²) < 4.78 is 18.3. The molecule has 0 aliphatic heterocycles. The summed E-state index contributed by atoms with van der Waals surface area (Å²) in [7, 11) is 0. The Morgan fingerprint density at radius 2 is 1.90 bits per heavy atom. The molecule has 0 unspecified atom stereocenters. The maximum Gasteiger partial charge on any atom is 0.219 e. The molecule has 3 nitrogen and oxygen atoms in total. The minimum Gasteiger partial charge on any atom is -0.439 e. The summed E-state index contributed by atoms with van der Waals surface area (Å²) in [5.41, 5.74) is 1.11. The lowest BCUT2D eigenvalue weighted by Gasteiger charge is -2.08. The molecule has 1 aromatic heterocycles. The molecule has 0 aliphatic rings. The van der Waals surface area contributed by atoms with E-state index >= 15 is 0 Å². The first-order valence-corrected chi connectivity index (χ1v) is 6.72. The fourth-order valence-electron chi connectivity index (χ4n) is 1.70. The van der Waals surface area contributed by atoms with Crippen LogP contribution < -0.4 is 10.1 Å². The number of ether oxygens (including phenoxy) is 1. The van der Waals surface area contributed by atoms with Gasteiger partial charge in [-0.05, 0) is 42.3 Å². The normalized spacial score (nSPS) is 10.8. The summed E-state index contributed by atoms with van der Waals surface area (Å²) in [5, 5.41) is 3.35. The van der Waals surface area contributed by atoms with Crippen molar-refractivity contribution in [1.82, 2.24) is 10.3 Å². The molecule has 2 rings (SSSR count). The molecule has 0 atom stereocenters. The second-order valence-electron chi connectivity index (χ2n) is 5.09. The van der Waals surface area contributed by atoms with Crippen LogP contribution in [0.3, 0.4) is 0 Å². The molecule has 1 heterocycles. The molecule has 20 heavy (non-hydrogen) atoms. The van der Waals surface area contributed by atoms with Crippen molar-refractivity contribution in [2.24, 2.45) is 5.92 Å². The zero-order valence-electron chi connectivity index (χ0n) is 11.8. The molecular weight excluding hydrogens is 255 g/mol. The summed E-state index contributed by atoms with van der Waals surface area (Å²) in [4.78, 5) is 4.24. The molecule has 2 aromatic rings. The molecule has 0 saturated heterocycles. The summed E-state index contributed by atoms with van der Waals surface area (Å²) in [5.74, 6) is 1.43. The fourth-order valence-corrected chi connectivity index (χ4v) is 1.70. The Kier molecular flexibility index (Phi) is 5.07. The van der Waals surface area contributed by atoms with Crippen LogP contribution in [-0.2, 0) is 6.54 Å². The molecule has 106 valence electrons. The number of nitrogens with zero attached hydrogens (tertiary/aromatic N) is 1. The molecule has 1 aromatic carbocycles. The first kappa shape index (κ1) is 14.5. The molecule has 0 amide bonds. The zero-order valence-corrected chi connectivity index (χ0v) is 11.8. The number of hydrogen-bond acceptors (Lipinski definition) is 3. The Morgan fingerprint density at radius 1 is 1.15 bits per heavy atom. The minimum atomic E-state index is -0.281. The number of benzene rings is 1. The zero-order chi connectivity index (χ0) is 14.4. The van der Waals surface area contributed by atoms with Crippen molar-refractivity contribution in [3.63, 3.8) is 0 Å². The molecule has 0 fully saturated rings. The summed E-state index contributed by atoms with van der Waals surface area (Å²) in [6.45, 7) is 6.12. The van der Waals surface area contributed by atoms with Gasteiger partial charge in [-0.3, -0.25) is 0 Å². The highest BCUT2D eigenvalue weighted by atomic mass is 19.1. The second kappa shape index (κ2) is 7.01. The van der Waals surface area contributed by atoms with Gasteiger partial charge in [-0.15, -0.1) is 0 Å². The van der Waals surface area contributed by atoms with Gasteiger partial charge in [0.05, 0.1) is 0 Å². The number of nitrogens with one attached hydrogen (secondary N) is 1. The Balaban J connectivity index is 1.89.